The second kappa shape index (κ2) is 5.63. The van der Waals surface area contributed by atoms with E-state index >= 15 is 0 Å². The smallest absolute Gasteiger partial charge is 0.348 e. The maximum atomic E-state index is 11.8. The highest BCUT2D eigenvalue weighted by Crippen LogP contribution is 2.21. The maximum Gasteiger partial charge on any atom is 0.348 e. The molecule has 2 heterocycles. The first kappa shape index (κ1) is 13.2. The van der Waals surface area contributed by atoms with Gasteiger partial charge in [-0.1, -0.05) is 0 Å². The SMILES string of the molecule is Cc1cc(C(=O)OCCc2scnc2C)sc1C. The molecule has 3 nitrogen and oxygen atoms in total. The van der Waals surface area contributed by atoms with Gasteiger partial charge >= 0.3 is 5.97 Å². The molecular weight excluding hydrogens is 266 g/mol. The van der Waals surface area contributed by atoms with Gasteiger partial charge in [0.1, 0.15) is 4.88 Å². The fourth-order valence-corrected chi connectivity index (χ4v) is 3.24. The molecule has 2 aromatic rings. The summed E-state index contributed by atoms with van der Waals surface area (Å²) in [7, 11) is 0. The van der Waals surface area contributed by atoms with Crippen LogP contribution in [0.15, 0.2) is 11.6 Å². The van der Waals surface area contributed by atoms with Crippen molar-refractivity contribution in [1.29, 1.82) is 0 Å². The molecule has 0 amide bonds. The van der Waals surface area contributed by atoms with Gasteiger partial charge in [-0.3, -0.25) is 0 Å². The van der Waals surface area contributed by atoms with Crippen LogP contribution in [0.2, 0.25) is 0 Å². The Morgan fingerprint density at radius 2 is 2.17 bits per heavy atom. The van der Waals surface area contributed by atoms with Crippen molar-refractivity contribution in [2.24, 2.45) is 0 Å². The standard InChI is InChI=1S/C13H15NO2S2/c1-8-6-12(18-10(8)3)13(15)16-5-4-11-9(2)14-7-17-11/h6-7H,4-5H2,1-3H3. The second-order valence-electron chi connectivity index (χ2n) is 4.10. The first-order valence-electron chi connectivity index (χ1n) is 5.71. The van der Waals surface area contributed by atoms with E-state index in [0.29, 0.717) is 11.5 Å². The van der Waals surface area contributed by atoms with E-state index < -0.39 is 0 Å². The van der Waals surface area contributed by atoms with Crippen molar-refractivity contribution in [1.82, 2.24) is 4.98 Å². The van der Waals surface area contributed by atoms with E-state index in [2.05, 4.69) is 4.98 Å². The topological polar surface area (TPSA) is 39.2 Å². The van der Waals surface area contributed by atoms with Gasteiger partial charge in [0.05, 0.1) is 17.8 Å². The van der Waals surface area contributed by atoms with Crippen LogP contribution in [-0.2, 0) is 11.2 Å². The van der Waals surface area contributed by atoms with Gasteiger partial charge in [0.2, 0.25) is 0 Å². The predicted octanol–water partition coefficient (Wildman–Crippen LogP) is 3.53. The van der Waals surface area contributed by atoms with Crippen LogP contribution in [0, 0.1) is 20.8 Å². The van der Waals surface area contributed by atoms with Crippen LogP contribution < -0.4 is 0 Å². The Kier molecular flexibility index (Phi) is 4.14. The van der Waals surface area contributed by atoms with Crippen LogP contribution in [0.3, 0.4) is 0 Å². The van der Waals surface area contributed by atoms with E-state index in [1.165, 1.54) is 21.1 Å². The zero-order valence-electron chi connectivity index (χ0n) is 10.6. The molecule has 0 saturated heterocycles. The van der Waals surface area contributed by atoms with Crippen molar-refractivity contribution >= 4 is 28.6 Å². The Morgan fingerprint density at radius 1 is 1.39 bits per heavy atom. The summed E-state index contributed by atoms with van der Waals surface area (Å²) in [6.45, 7) is 6.40. The highest BCUT2D eigenvalue weighted by atomic mass is 32.1. The average molecular weight is 281 g/mol. The van der Waals surface area contributed by atoms with Crippen molar-refractivity contribution in [3.05, 3.63) is 37.5 Å². The summed E-state index contributed by atoms with van der Waals surface area (Å²) < 4.78 is 5.28. The third kappa shape index (κ3) is 2.97. The first-order valence-corrected chi connectivity index (χ1v) is 7.40. The molecule has 2 rings (SSSR count). The number of aryl methyl sites for hydroxylation is 3. The molecule has 18 heavy (non-hydrogen) atoms. The molecular formula is C13H15NO2S2. The number of thiazole rings is 1. The van der Waals surface area contributed by atoms with Crippen molar-refractivity contribution in [3.8, 4) is 0 Å². The van der Waals surface area contributed by atoms with E-state index in [-0.39, 0.29) is 5.97 Å². The third-order valence-electron chi connectivity index (χ3n) is 2.77. The van der Waals surface area contributed by atoms with Crippen molar-refractivity contribution < 1.29 is 9.53 Å². The number of hydrogen-bond acceptors (Lipinski definition) is 5. The molecule has 0 spiro atoms. The number of rotatable bonds is 4. The molecule has 0 radical (unpaired) electrons. The fraction of sp³-hybridized carbons (Fsp3) is 0.385. The van der Waals surface area contributed by atoms with Gasteiger partial charge in [-0.15, -0.1) is 22.7 Å². The van der Waals surface area contributed by atoms with Crippen LogP contribution in [0.5, 0.6) is 0 Å². The lowest BCUT2D eigenvalue weighted by atomic mass is 10.3. The van der Waals surface area contributed by atoms with Gasteiger partial charge in [0, 0.05) is 16.2 Å². The second-order valence-corrected chi connectivity index (χ2v) is 6.29. The molecule has 0 atom stereocenters. The van der Waals surface area contributed by atoms with Crippen molar-refractivity contribution in [3.63, 3.8) is 0 Å². The first-order chi connectivity index (χ1) is 8.58. The highest BCUT2D eigenvalue weighted by Gasteiger charge is 2.12. The van der Waals surface area contributed by atoms with Crippen LogP contribution in [0.1, 0.15) is 30.7 Å². The van der Waals surface area contributed by atoms with E-state index in [1.54, 1.807) is 11.3 Å². The third-order valence-corrected chi connectivity index (χ3v) is 4.90. The Labute approximate surface area is 114 Å². The Morgan fingerprint density at radius 3 is 2.72 bits per heavy atom. The quantitative estimate of drug-likeness (QED) is 0.805. The monoisotopic (exact) mass is 281 g/mol. The van der Waals surface area contributed by atoms with Gasteiger partial charge in [-0.25, -0.2) is 9.78 Å². The average Bonchev–Trinajstić information content (AvgIpc) is 2.87. The van der Waals surface area contributed by atoms with E-state index in [0.717, 1.165) is 17.7 Å². The number of thiophene rings is 1. The maximum absolute atomic E-state index is 11.8. The summed E-state index contributed by atoms with van der Waals surface area (Å²) in [6, 6.07) is 1.89. The molecule has 96 valence electrons. The van der Waals surface area contributed by atoms with Crippen molar-refractivity contribution in [2.45, 2.75) is 27.2 Å². The Hall–Kier alpha value is -1.20. The van der Waals surface area contributed by atoms with E-state index in [4.69, 9.17) is 4.74 Å². The molecule has 0 N–H and O–H groups in total. The number of nitrogens with zero attached hydrogens (tertiary/aromatic N) is 1. The minimum absolute atomic E-state index is 0.224. The molecule has 0 aliphatic rings. The molecule has 0 aliphatic heterocycles. The van der Waals surface area contributed by atoms with Gasteiger partial charge < -0.3 is 4.74 Å². The molecule has 2 aromatic heterocycles. The molecule has 0 saturated carbocycles. The fourth-order valence-electron chi connectivity index (χ4n) is 1.55. The number of carbonyl (C=O) groups excluding carboxylic acids is 1. The lowest BCUT2D eigenvalue weighted by Gasteiger charge is -2.02. The van der Waals surface area contributed by atoms with Crippen LogP contribution in [0.4, 0.5) is 0 Å². The highest BCUT2D eigenvalue weighted by molar-refractivity contribution is 7.14. The largest absolute Gasteiger partial charge is 0.461 e. The summed E-state index contributed by atoms with van der Waals surface area (Å²) in [4.78, 5) is 19.0. The summed E-state index contributed by atoms with van der Waals surface area (Å²) in [5, 5.41) is 0. The molecule has 0 bridgehead atoms. The molecule has 0 unspecified atom stereocenters. The summed E-state index contributed by atoms with van der Waals surface area (Å²) in [5.41, 5.74) is 3.99. The number of esters is 1. The number of carbonyl (C=O) groups is 1. The minimum Gasteiger partial charge on any atom is -0.461 e. The van der Waals surface area contributed by atoms with Crippen LogP contribution >= 0.6 is 22.7 Å². The van der Waals surface area contributed by atoms with E-state index in [9.17, 15) is 4.79 Å². The summed E-state index contributed by atoms with van der Waals surface area (Å²) in [5.74, 6) is -0.224. The number of hydrogen-bond donors (Lipinski definition) is 0. The van der Waals surface area contributed by atoms with Gasteiger partial charge in [-0.05, 0) is 32.4 Å². The molecule has 0 aromatic carbocycles. The van der Waals surface area contributed by atoms with E-state index in [1.807, 2.05) is 32.3 Å². The minimum atomic E-state index is -0.224. The normalized spacial score (nSPS) is 10.6. The Bertz CT molecular complexity index is 538. The Balaban J connectivity index is 1.87. The zero-order chi connectivity index (χ0) is 13.1. The number of ether oxygens (including phenoxy) is 1. The molecule has 0 aliphatic carbocycles. The molecule has 0 fully saturated rings. The van der Waals surface area contributed by atoms with Gasteiger partial charge in [0.15, 0.2) is 0 Å². The summed E-state index contributed by atoms with van der Waals surface area (Å²) in [6.07, 6.45) is 0.742. The van der Waals surface area contributed by atoms with Gasteiger partial charge in [0.25, 0.3) is 0 Å². The number of aromatic nitrogens is 1. The summed E-state index contributed by atoms with van der Waals surface area (Å²) >= 11 is 3.09. The molecule has 5 heteroatoms. The van der Waals surface area contributed by atoms with Gasteiger partial charge in [-0.2, -0.15) is 0 Å². The van der Waals surface area contributed by atoms with Crippen molar-refractivity contribution in [2.75, 3.05) is 6.61 Å². The predicted molar refractivity (Wildman–Crippen MR) is 74.6 cm³/mol. The lowest BCUT2D eigenvalue weighted by Crippen LogP contribution is -2.06. The van der Waals surface area contributed by atoms with Crippen LogP contribution in [0.25, 0.3) is 0 Å². The lowest BCUT2D eigenvalue weighted by molar-refractivity contribution is 0.0515. The van der Waals surface area contributed by atoms with Crippen LogP contribution in [-0.4, -0.2) is 17.6 Å². The zero-order valence-corrected chi connectivity index (χ0v) is 12.3.